The number of hydrogen-bond donors (Lipinski definition) is 0. The Kier molecular flexibility index (Phi) is 5.42. The van der Waals surface area contributed by atoms with Gasteiger partial charge in [-0.05, 0) is 18.9 Å². The molecule has 0 bridgehead atoms. The van der Waals surface area contributed by atoms with Gasteiger partial charge in [0.2, 0.25) is 0 Å². The first-order chi connectivity index (χ1) is 8.65. The van der Waals surface area contributed by atoms with E-state index < -0.39 is 23.8 Å². The monoisotopic (exact) mass is 254 g/mol. The van der Waals surface area contributed by atoms with E-state index >= 15 is 0 Å². The molecule has 0 spiro atoms. The third kappa shape index (κ3) is 3.12. The van der Waals surface area contributed by atoms with Gasteiger partial charge in [-0.3, -0.25) is 9.59 Å². The number of hydrogen-bond acceptors (Lipinski definition) is 5. The summed E-state index contributed by atoms with van der Waals surface area (Å²) in [6, 6.07) is 0. The maximum atomic E-state index is 11.7. The highest BCUT2D eigenvalue weighted by Crippen LogP contribution is 2.28. The molecule has 1 rings (SSSR count). The van der Waals surface area contributed by atoms with Crippen molar-refractivity contribution in [2.24, 2.45) is 11.8 Å². The van der Waals surface area contributed by atoms with E-state index in [9.17, 15) is 9.59 Å². The van der Waals surface area contributed by atoms with Crippen LogP contribution in [0.4, 0.5) is 0 Å². The van der Waals surface area contributed by atoms with E-state index in [2.05, 4.69) is 16.1 Å². The number of carbonyl (C=O) groups is 2. The summed E-state index contributed by atoms with van der Waals surface area (Å²) in [5.41, 5.74) is 0. The molecule has 0 saturated heterocycles. The zero-order chi connectivity index (χ0) is 13.5. The molecule has 1 aliphatic heterocycles. The molecule has 0 amide bonds. The molecule has 0 aromatic heterocycles. The Bertz CT molecular complexity index is 342. The van der Waals surface area contributed by atoms with E-state index in [4.69, 9.17) is 4.74 Å². The van der Waals surface area contributed by atoms with E-state index in [-0.39, 0.29) is 0 Å². The average molecular weight is 254 g/mol. The highest BCUT2D eigenvalue weighted by atomic mass is 16.5. The number of esters is 2. The van der Waals surface area contributed by atoms with Crippen LogP contribution in [-0.2, 0) is 23.8 Å². The minimum atomic E-state index is -1.07. The smallest absolute Gasteiger partial charge is 0.321 e. The molecular weight excluding hydrogens is 236 g/mol. The molecule has 0 aromatic rings. The molecule has 1 heterocycles. The summed E-state index contributed by atoms with van der Waals surface area (Å²) in [6.45, 7) is 4.23. The molecule has 0 N–H and O–H groups in total. The van der Waals surface area contributed by atoms with Crippen molar-refractivity contribution in [1.29, 1.82) is 0 Å². The van der Waals surface area contributed by atoms with Gasteiger partial charge in [-0.2, -0.15) is 0 Å². The van der Waals surface area contributed by atoms with Gasteiger partial charge in [0, 0.05) is 0 Å². The van der Waals surface area contributed by atoms with Crippen LogP contribution < -0.4 is 0 Å². The minimum absolute atomic E-state index is 0.551. The molecular formula is C13H18O5. The van der Waals surface area contributed by atoms with Crippen LogP contribution in [0.15, 0.2) is 24.5 Å². The number of ether oxygens (including phenoxy) is 3. The van der Waals surface area contributed by atoms with Crippen molar-refractivity contribution in [3.63, 3.8) is 0 Å². The van der Waals surface area contributed by atoms with Crippen LogP contribution in [0.25, 0.3) is 0 Å². The summed E-state index contributed by atoms with van der Waals surface area (Å²) >= 11 is 0. The van der Waals surface area contributed by atoms with Gasteiger partial charge in [-0.1, -0.05) is 6.08 Å². The van der Waals surface area contributed by atoms with Gasteiger partial charge in [-0.25, -0.2) is 0 Å². The number of rotatable bonds is 5. The van der Waals surface area contributed by atoms with E-state index in [0.717, 1.165) is 12.8 Å². The molecule has 18 heavy (non-hydrogen) atoms. The predicted octanol–water partition coefficient (Wildman–Crippen LogP) is 1.45. The summed E-state index contributed by atoms with van der Waals surface area (Å²) < 4.78 is 14.8. The predicted molar refractivity (Wildman–Crippen MR) is 64.5 cm³/mol. The van der Waals surface area contributed by atoms with Gasteiger partial charge < -0.3 is 14.2 Å². The molecule has 5 heteroatoms. The Labute approximate surface area is 106 Å². The minimum Gasteiger partial charge on any atom is -0.498 e. The summed E-state index contributed by atoms with van der Waals surface area (Å²) in [5.74, 6) is -2.34. The Morgan fingerprint density at radius 1 is 1.39 bits per heavy atom. The van der Waals surface area contributed by atoms with E-state index in [1.54, 1.807) is 0 Å². The topological polar surface area (TPSA) is 61.8 Å². The van der Waals surface area contributed by atoms with Gasteiger partial charge in [0.15, 0.2) is 5.92 Å². The standard InChI is InChI=1S/C13H18O5/c1-4-9(10-7-5-6-8-18-10)11(12(14)16-2)13(15)17-3/h4,7,9,11H,1,5-6,8H2,2-3H3/t9-/m1/s1. The Balaban J connectivity index is 2.99. The van der Waals surface area contributed by atoms with Crippen LogP contribution in [0.3, 0.4) is 0 Å². The molecule has 0 aliphatic carbocycles. The normalized spacial score (nSPS) is 16.3. The lowest BCUT2D eigenvalue weighted by molar-refractivity contribution is -0.160. The van der Waals surface area contributed by atoms with E-state index in [1.807, 2.05) is 6.08 Å². The Hall–Kier alpha value is -1.78. The molecule has 0 radical (unpaired) electrons. The largest absolute Gasteiger partial charge is 0.498 e. The molecule has 0 saturated carbocycles. The fraction of sp³-hybridized carbons (Fsp3) is 0.538. The second kappa shape index (κ2) is 6.83. The first kappa shape index (κ1) is 14.3. The molecule has 5 nitrogen and oxygen atoms in total. The highest BCUT2D eigenvalue weighted by Gasteiger charge is 2.38. The Morgan fingerprint density at radius 3 is 2.39 bits per heavy atom. The highest BCUT2D eigenvalue weighted by molar-refractivity contribution is 5.95. The van der Waals surface area contributed by atoms with Crippen LogP contribution in [0.1, 0.15) is 12.8 Å². The second-order valence-electron chi connectivity index (χ2n) is 3.88. The SMILES string of the molecule is C=C[C@H](C1=CCCCO1)C(C(=O)OC)C(=O)OC. The third-order valence-corrected chi connectivity index (χ3v) is 2.81. The zero-order valence-electron chi connectivity index (χ0n) is 10.7. The number of allylic oxidation sites excluding steroid dienone is 2. The van der Waals surface area contributed by atoms with E-state index in [1.165, 1.54) is 20.3 Å². The van der Waals surface area contributed by atoms with Crippen LogP contribution in [0, 0.1) is 11.8 Å². The van der Waals surface area contributed by atoms with Gasteiger partial charge in [0.1, 0.15) is 5.76 Å². The third-order valence-electron chi connectivity index (χ3n) is 2.81. The van der Waals surface area contributed by atoms with Crippen LogP contribution >= 0.6 is 0 Å². The molecule has 0 fully saturated rings. The van der Waals surface area contributed by atoms with Crippen LogP contribution in [-0.4, -0.2) is 32.8 Å². The lowest BCUT2D eigenvalue weighted by Crippen LogP contribution is -2.34. The van der Waals surface area contributed by atoms with Crippen LogP contribution in [0.2, 0.25) is 0 Å². The molecule has 1 atom stereocenters. The maximum absolute atomic E-state index is 11.7. The van der Waals surface area contributed by atoms with Crippen molar-refractivity contribution in [2.75, 3.05) is 20.8 Å². The molecule has 0 unspecified atom stereocenters. The summed E-state index contributed by atoms with van der Waals surface area (Å²) in [4.78, 5) is 23.4. The van der Waals surface area contributed by atoms with Gasteiger partial charge >= 0.3 is 11.9 Å². The molecule has 0 aromatic carbocycles. The fourth-order valence-electron chi connectivity index (χ4n) is 1.87. The summed E-state index contributed by atoms with van der Waals surface area (Å²) in [6.07, 6.45) is 5.16. The first-order valence-electron chi connectivity index (χ1n) is 5.76. The number of methoxy groups -OCH3 is 2. The van der Waals surface area contributed by atoms with Crippen LogP contribution in [0.5, 0.6) is 0 Å². The van der Waals surface area contributed by atoms with Gasteiger partial charge in [-0.15, -0.1) is 6.58 Å². The Morgan fingerprint density at radius 2 is 2.00 bits per heavy atom. The average Bonchev–Trinajstić information content (AvgIpc) is 2.44. The quantitative estimate of drug-likeness (QED) is 0.422. The second-order valence-corrected chi connectivity index (χ2v) is 3.88. The first-order valence-corrected chi connectivity index (χ1v) is 5.76. The molecule has 1 aliphatic rings. The summed E-state index contributed by atoms with van der Waals surface area (Å²) in [5, 5.41) is 0. The van der Waals surface area contributed by atoms with Gasteiger partial charge in [0.25, 0.3) is 0 Å². The lowest BCUT2D eigenvalue weighted by Gasteiger charge is -2.25. The van der Waals surface area contributed by atoms with Crippen molar-refractivity contribution in [1.82, 2.24) is 0 Å². The maximum Gasteiger partial charge on any atom is 0.321 e. The number of carbonyl (C=O) groups excluding carboxylic acids is 2. The van der Waals surface area contributed by atoms with Crippen molar-refractivity contribution < 1.29 is 23.8 Å². The summed E-state index contributed by atoms with van der Waals surface area (Å²) in [7, 11) is 2.46. The van der Waals surface area contributed by atoms with Crippen molar-refractivity contribution >= 4 is 11.9 Å². The fourth-order valence-corrected chi connectivity index (χ4v) is 1.87. The van der Waals surface area contributed by atoms with Crippen molar-refractivity contribution in [2.45, 2.75) is 12.8 Å². The van der Waals surface area contributed by atoms with Crippen molar-refractivity contribution in [3.05, 3.63) is 24.5 Å². The van der Waals surface area contributed by atoms with Gasteiger partial charge in [0.05, 0.1) is 26.7 Å². The zero-order valence-corrected chi connectivity index (χ0v) is 10.7. The van der Waals surface area contributed by atoms with E-state index in [0.29, 0.717) is 12.4 Å². The van der Waals surface area contributed by atoms with Crippen molar-refractivity contribution in [3.8, 4) is 0 Å². The molecule has 100 valence electrons. The lowest BCUT2D eigenvalue weighted by atomic mass is 9.89.